The van der Waals surface area contributed by atoms with Crippen LogP contribution in [0.15, 0.2) is 125 Å². The lowest BCUT2D eigenvalue weighted by Gasteiger charge is -2.14. The summed E-state index contributed by atoms with van der Waals surface area (Å²) in [5.41, 5.74) is 1.25. The Morgan fingerprint density at radius 2 is 1.37 bits per heavy atom. The van der Waals surface area contributed by atoms with Gasteiger partial charge in [0, 0.05) is 23.4 Å². The van der Waals surface area contributed by atoms with Crippen molar-refractivity contribution in [2.24, 2.45) is 0 Å². The predicted octanol–water partition coefficient (Wildman–Crippen LogP) is 4.03. The molecular weight excluding hydrogens is 504 g/mol. The van der Waals surface area contributed by atoms with Crippen LogP contribution >= 0.6 is 0 Å². The molecule has 0 aliphatic rings. The molecule has 38 heavy (non-hydrogen) atoms. The average Bonchev–Trinajstić information content (AvgIpc) is 3.36. The minimum Gasteiger partial charge on any atom is -0.595 e. The van der Waals surface area contributed by atoms with Crippen molar-refractivity contribution in [1.29, 1.82) is 0 Å². The third-order valence-electron chi connectivity index (χ3n) is 5.82. The van der Waals surface area contributed by atoms with Gasteiger partial charge in [-0.2, -0.15) is 10.3 Å². The third-order valence-corrected chi connectivity index (χ3v) is 7.63. The number of nitrogens with one attached hydrogen (secondary N) is 2. The molecule has 1 amide bonds. The van der Waals surface area contributed by atoms with Crippen molar-refractivity contribution in [2.45, 2.75) is 9.79 Å². The number of benzene rings is 4. The SMILES string of the molecule is O=C(Nc1ccccc1)c1nn(-c2ccccc2)c(-c2ccc([NH+]([O-])O)cc2)c1S(=O)(=O)c1ccccc1. The molecule has 0 fully saturated rings. The van der Waals surface area contributed by atoms with Gasteiger partial charge in [0.2, 0.25) is 9.84 Å². The number of hydrogen-bond acceptors (Lipinski definition) is 6. The summed E-state index contributed by atoms with van der Waals surface area (Å²) >= 11 is 0. The fourth-order valence-electron chi connectivity index (χ4n) is 4.02. The maximum absolute atomic E-state index is 14.1. The molecule has 0 aliphatic heterocycles. The van der Waals surface area contributed by atoms with E-state index in [1.54, 1.807) is 78.9 Å². The lowest BCUT2D eigenvalue weighted by atomic mass is 10.1. The Hall–Kier alpha value is -4.61. The van der Waals surface area contributed by atoms with E-state index in [9.17, 15) is 23.6 Å². The van der Waals surface area contributed by atoms with E-state index >= 15 is 0 Å². The van der Waals surface area contributed by atoms with Gasteiger partial charge in [0.1, 0.15) is 4.90 Å². The molecule has 0 radical (unpaired) electrons. The van der Waals surface area contributed by atoms with Crippen LogP contribution in [0.4, 0.5) is 11.4 Å². The molecule has 1 atom stereocenters. The van der Waals surface area contributed by atoms with Gasteiger partial charge in [-0.1, -0.05) is 54.6 Å². The molecule has 1 heterocycles. The third kappa shape index (κ3) is 4.84. The fraction of sp³-hybridized carbons (Fsp3) is 0. The highest BCUT2D eigenvalue weighted by Crippen LogP contribution is 2.36. The van der Waals surface area contributed by atoms with E-state index in [4.69, 9.17) is 0 Å². The summed E-state index contributed by atoms with van der Waals surface area (Å²) < 4.78 is 29.6. The van der Waals surface area contributed by atoms with E-state index in [2.05, 4.69) is 10.4 Å². The molecule has 5 rings (SSSR count). The number of nitrogens with zero attached hydrogens (tertiary/aromatic N) is 2. The van der Waals surface area contributed by atoms with Gasteiger partial charge in [-0.15, -0.1) is 0 Å². The number of aromatic nitrogens is 2. The smallest absolute Gasteiger partial charge is 0.277 e. The number of rotatable bonds is 7. The van der Waals surface area contributed by atoms with Crippen LogP contribution in [0.2, 0.25) is 0 Å². The number of para-hydroxylation sites is 2. The molecule has 0 saturated carbocycles. The van der Waals surface area contributed by atoms with Crippen LogP contribution in [-0.4, -0.2) is 29.3 Å². The highest BCUT2D eigenvalue weighted by Gasteiger charge is 2.34. The number of sulfone groups is 1. The van der Waals surface area contributed by atoms with Gasteiger partial charge in [-0.25, -0.2) is 18.3 Å². The Bertz CT molecular complexity index is 1670. The van der Waals surface area contributed by atoms with E-state index in [1.807, 2.05) is 0 Å². The van der Waals surface area contributed by atoms with Crippen molar-refractivity contribution in [3.8, 4) is 16.9 Å². The number of carbonyl (C=O) groups is 1. The topological polar surface area (TPSA) is 129 Å². The number of carbonyl (C=O) groups excluding carboxylic acids is 1. The van der Waals surface area contributed by atoms with Crippen LogP contribution in [0, 0.1) is 5.21 Å². The van der Waals surface area contributed by atoms with E-state index < -0.39 is 21.0 Å². The number of amides is 1. The molecular formula is C28H22N4O5S. The quantitative estimate of drug-likeness (QED) is 0.275. The van der Waals surface area contributed by atoms with Gasteiger partial charge in [-0.3, -0.25) is 4.79 Å². The van der Waals surface area contributed by atoms with Gasteiger partial charge in [0.15, 0.2) is 11.4 Å². The fourth-order valence-corrected chi connectivity index (χ4v) is 5.61. The summed E-state index contributed by atoms with van der Waals surface area (Å²) in [5.74, 6) is -0.705. The first-order chi connectivity index (χ1) is 18.4. The monoisotopic (exact) mass is 526 g/mol. The molecule has 0 aliphatic carbocycles. The predicted molar refractivity (Wildman–Crippen MR) is 141 cm³/mol. The molecule has 4 aromatic carbocycles. The van der Waals surface area contributed by atoms with Crippen molar-refractivity contribution in [1.82, 2.24) is 9.78 Å². The molecule has 9 nitrogen and oxygen atoms in total. The Balaban J connectivity index is 1.80. The summed E-state index contributed by atoms with van der Waals surface area (Å²) in [6, 6.07) is 31.0. The first kappa shape index (κ1) is 25.1. The molecule has 3 N–H and O–H groups in total. The Labute approximate surface area is 218 Å². The van der Waals surface area contributed by atoms with E-state index in [1.165, 1.54) is 41.1 Å². The lowest BCUT2D eigenvalue weighted by molar-refractivity contribution is -0.991. The van der Waals surface area contributed by atoms with Crippen LogP contribution in [0.25, 0.3) is 16.9 Å². The average molecular weight is 527 g/mol. The van der Waals surface area contributed by atoms with Crippen molar-refractivity contribution in [3.63, 3.8) is 0 Å². The molecule has 1 aromatic heterocycles. The normalized spacial score (nSPS) is 12.2. The van der Waals surface area contributed by atoms with Gasteiger partial charge >= 0.3 is 0 Å². The van der Waals surface area contributed by atoms with Crippen molar-refractivity contribution < 1.29 is 23.6 Å². The van der Waals surface area contributed by atoms with Gasteiger partial charge in [0.25, 0.3) is 5.91 Å². The van der Waals surface area contributed by atoms with Crippen LogP contribution in [0.5, 0.6) is 0 Å². The first-order valence-corrected chi connectivity index (χ1v) is 13.0. The van der Waals surface area contributed by atoms with E-state index in [0.717, 1.165) is 0 Å². The maximum Gasteiger partial charge on any atom is 0.277 e. The minimum atomic E-state index is -4.26. The molecule has 0 bridgehead atoms. The maximum atomic E-state index is 14.1. The summed E-state index contributed by atoms with van der Waals surface area (Å²) in [6.07, 6.45) is 0. The minimum absolute atomic E-state index is 0.00946. The standard InChI is InChI=1S/C28H22N4O5S/c33-28(29-21-10-4-1-5-11-21)25-27(38(36,37)24-14-8-3-9-15-24)26(20-16-18-23(19-17-20)32(34)35)31(30-25)22-12-6-2-7-13-22/h1-19,32,34H,(H,29,33). The zero-order chi connectivity index (χ0) is 26.7. The second kappa shape index (κ2) is 10.4. The second-order valence-corrected chi connectivity index (χ2v) is 10.2. The summed E-state index contributed by atoms with van der Waals surface area (Å²) in [7, 11) is -4.26. The van der Waals surface area contributed by atoms with E-state index in [0.29, 0.717) is 16.9 Å². The van der Waals surface area contributed by atoms with E-state index in [-0.39, 0.29) is 26.9 Å². The van der Waals surface area contributed by atoms with Crippen LogP contribution in [-0.2, 0) is 9.84 Å². The Morgan fingerprint density at radius 1 is 0.816 bits per heavy atom. The zero-order valence-corrected chi connectivity index (χ0v) is 20.7. The largest absolute Gasteiger partial charge is 0.595 e. The molecule has 0 spiro atoms. The molecule has 0 saturated heterocycles. The molecule has 1 unspecified atom stereocenters. The Morgan fingerprint density at radius 3 is 1.95 bits per heavy atom. The second-order valence-electron chi connectivity index (χ2n) is 8.29. The number of hydrogen-bond donors (Lipinski definition) is 3. The number of anilines is 1. The molecule has 10 heteroatoms. The number of quaternary nitrogens is 1. The van der Waals surface area contributed by atoms with Gasteiger partial charge < -0.3 is 10.5 Å². The van der Waals surface area contributed by atoms with Crippen molar-refractivity contribution in [2.75, 3.05) is 5.32 Å². The van der Waals surface area contributed by atoms with Crippen LogP contribution in [0.3, 0.4) is 0 Å². The van der Waals surface area contributed by atoms with Gasteiger partial charge in [-0.05, 0) is 48.5 Å². The summed E-state index contributed by atoms with van der Waals surface area (Å²) in [6.45, 7) is 0. The zero-order valence-electron chi connectivity index (χ0n) is 19.9. The highest BCUT2D eigenvalue weighted by atomic mass is 32.2. The Kier molecular flexibility index (Phi) is 6.86. The van der Waals surface area contributed by atoms with Crippen LogP contribution in [0.1, 0.15) is 10.5 Å². The van der Waals surface area contributed by atoms with Gasteiger partial charge in [0.05, 0.1) is 16.3 Å². The lowest BCUT2D eigenvalue weighted by Crippen LogP contribution is -2.99. The molecule has 5 aromatic rings. The summed E-state index contributed by atoms with van der Waals surface area (Å²) in [5, 5.41) is 26.9. The summed E-state index contributed by atoms with van der Waals surface area (Å²) in [4.78, 5) is 13.3. The molecule has 190 valence electrons. The van der Waals surface area contributed by atoms with Crippen molar-refractivity contribution >= 4 is 27.1 Å². The van der Waals surface area contributed by atoms with Crippen LogP contribution < -0.4 is 10.5 Å². The highest BCUT2D eigenvalue weighted by molar-refractivity contribution is 7.91. The van der Waals surface area contributed by atoms with Crippen molar-refractivity contribution in [3.05, 3.63) is 126 Å². The first-order valence-electron chi connectivity index (χ1n) is 11.5.